The smallest absolute Gasteiger partial charge is 0.326 e. The Bertz CT molecular complexity index is 1700. The molecule has 0 fully saturated rings. The standard InChI is InChI=1S/C30H38N10O6/c1-39-20-23-26(37-39)35-29(40-28(23)34-27(38-40)24-7-5-15-44-24)36-30(42)33-22-10-8-21(9-11-22)19-25(41)32-13-6-14-43-17-18-46-45-16-4-2-3-12-31/h5,7-11,15,20H,2-4,6,12-14,16-19,31H2,1H3,(H,32,41)(H2,33,35,36,37,42)/p+1. The summed E-state index contributed by atoms with van der Waals surface area (Å²) >= 11 is 0. The monoisotopic (exact) mass is 635 g/mol. The summed E-state index contributed by atoms with van der Waals surface area (Å²) in [4.78, 5) is 44.5. The molecule has 3 amide bonds. The zero-order valence-corrected chi connectivity index (χ0v) is 25.7. The van der Waals surface area contributed by atoms with Crippen LogP contribution in [0, 0.1) is 0 Å². The third-order valence-electron chi connectivity index (χ3n) is 6.77. The summed E-state index contributed by atoms with van der Waals surface area (Å²) in [5.41, 5.74) is 6.02. The maximum atomic E-state index is 12.9. The quantitative estimate of drug-likeness (QED) is 0.0629. The molecule has 5 rings (SSSR count). The molecule has 0 saturated carbocycles. The van der Waals surface area contributed by atoms with Crippen molar-refractivity contribution < 1.29 is 34.3 Å². The molecule has 5 aromatic rings. The van der Waals surface area contributed by atoms with E-state index in [1.165, 1.54) is 10.8 Å². The molecule has 0 aliphatic heterocycles. The van der Waals surface area contributed by atoms with Crippen LogP contribution in [0.15, 0.2) is 53.3 Å². The lowest BCUT2D eigenvalue weighted by atomic mass is 10.1. The van der Waals surface area contributed by atoms with Gasteiger partial charge in [-0.1, -0.05) is 12.1 Å². The Balaban J connectivity index is 1.03. The van der Waals surface area contributed by atoms with Crippen LogP contribution >= 0.6 is 0 Å². The molecule has 4 heterocycles. The number of hydrogen-bond acceptors (Lipinski definition) is 10. The second-order valence-corrected chi connectivity index (χ2v) is 10.5. The van der Waals surface area contributed by atoms with Gasteiger partial charge in [0.2, 0.25) is 17.7 Å². The van der Waals surface area contributed by atoms with Gasteiger partial charge in [0, 0.05) is 32.1 Å². The number of quaternary nitrogens is 1. The summed E-state index contributed by atoms with van der Waals surface area (Å²) in [5.74, 6) is 0.860. The molecule has 244 valence electrons. The molecule has 0 radical (unpaired) electrons. The Kier molecular flexibility index (Phi) is 11.6. The Labute approximate surface area is 264 Å². The minimum absolute atomic E-state index is 0.101. The van der Waals surface area contributed by atoms with Crippen molar-refractivity contribution in [3.63, 3.8) is 0 Å². The van der Waals surface area contributed by atoms with Gasteiger partial charge >= 0.3 is 6.03 Å². The molecule has 0 saturated heterocycles. The molecule has 0 aliphatic rings. The average Bonchev–Trinajstić information content (AvgIpc) is 3.80. The van der Waals surface area contributed by atoms with Crippen LogP contribution in [0.3, 0.4) is 0 Å². The van der Waals surface area contributed by atoms with Gasteiger partial charge in [0.15, 0.2) is 17.1 Å². The average molecular weight is 636 g/mol. The number of ether oxygens (including phenoxy) is 1. The van der Waals surface area contributed by atoms with E-state index in [9.17, 15) is 9.59 Å². The fraction of sp³-hybridized carbons (Fsp3) is 0.400. The number of carbonyl (C=O) groups is 2. The van der Waals surface area contributed by atoms with E-state index in [0.29, 0.717) is 73.3 Å². The Hall–Kier alpha value is -4.90. The van der Waals surface area contributed by atoms with Crippen molar-refractivity contribution in [2.75, 3.05) is 50.2 Å². The second kappa shape index (κ2) is 16.4. The molecule has 1 aromatic carbocycles. The van der Waals surface area contributed by atoms with E-state index in [4.69, 9.17) is 18.9 Å². The predicted octanol–water partition coefficient (Wildman–Crippen LogP) is 2.34. The lowest BCUT2D eigenvalue weighted by Gasteiger charge is -2.09. The number of anilines is 2. The number of carbonyl (C=O) groups excluding carboxylic acids is 2. The molecule has 0 unspecified atom stereocenters. The lowest BCUT2D eigenvalue weighted by Crippen LogP contribution is -2.50. The van der Waals surface area contributed by atoms with Crippen molar-refractivity contribution in [1.82, 2.24) is 34.7 Å². The molecule has 0 spiro atoms. The van der Waals surface area contributed by atoms with Crippen LogP contribution in [0.4, 0.5) is 16.4 Å². The molecular weight excluding hydrogens is 596 g/mol. The highest BCUT2D eigenvalue weighted by molar-refractivity contribution is 6.00. The SMILES string of the molecule is Cn1cc2c(nc(NC(=O)Nc3ccc(CC(=O)NCCCOCCOOCCCCC[NH3+])cc3)n3nc(-c4ccco4)nc23)n1. The summed E-state index contributed by atoms with van der Waals surface area (Å²) in [7, 11) is 1.77. The second-order valence-electron chi connectivity index (χ2n) is 10.5. The first-order chi connectivity index (χ1) is 22.5. The summed E-state index contributed by atoms with van der Waals surface area (Å²) in [5, 5.41) is 17.9. The number of furan rings is 1. The van der Waals surface area contributed by atoms with Gasteiger partial charge in [-0.25, -0.2) is 19.6 Å². The van der Waals surface area contributed by atoms with E-state index in [2.05, 4.69) is 41.8 Å². The van der Waals surface area contributed by atoms with Crippen molar-refractivity contribution in [3.8, 4) is 11.6 Å². The predicted molar refractivity (Wildman–Crippen MR) is 167 cm³/mol. The van der Waals surface area contributed by atoms with Crippen molar-refractivity contribution in [2.24, 2.45) is 7.05 Å². The normalized spacial score (nSPS) is 11.3. The van der Waals surface area contributed by atoms with Gasteiger partial charge in [0.25, 0.3) is 0 Å². The Morgan fingerprint density at radius 3 is 2.59 bits per heavy atom. The molecule has 0 atom stereocenters. The molecule has 0 bridgehead atoms. The third kappa shape index (κ3) is 9.07. The maximum absolute atomic E-state index is 12.9. The van der Waals surface area contributed by atoms with E-state index >= 15 is 0 Å². The number of fused-ring (bicyclic) bond motifs is 3. The molecule has 6 N–H and O–H groups in total. The number of unbranched alkanes of at least 4 members (excludes halogenated alkanes) is 2. The number of benzene rings is 1. The zero-order chi connectivity index (χ0) is 32.1. The highest BCUT2D eigenvalue weighted by Crippen LogP contribution is 2.24. The van der Waals surface area contributed by atoms with Gasteiger partial charge in [-0.2, -0.15) is 14.6 Å². The van der Waals surface area contributed by atoms with Crippen LogP contribution in [0.25, 0.3) is 28.3 Å². The van der Waals surface area contributed by atoms with Crippen LogP contribution in [0.5, 0.6) is 0 Å². The van der Waals surface area contributed by atoms with Crippen molar-refractivity contribution in [3.05, 3.63) is 54.4 Å². The highest BCUT2D eigenvalue weighted by Gasteiger charge is 2.19. The van der Waals surface area contributed by atoms with Gasteiger partial charge in [0.1, 0.15) is 6.61 Å². The van der Waals surface area contributed by atoms with Gasteiger partial charge < -0.3 is 25.5 Å². The third-order valence-corrected chi connectivity index (χ3v) is 6.77. The van der Waals surface area contributed by atoms with E-state index < -0.39 is 6.03 Å². The van der Waals surface area contributed by atoms with E-state index in [-0.39, 0.29) is 18.3 Å². The van der Waals surface area contributed by atoms with Crippen molar-refractivity contribution >= 4 is 40.3 Å². The first kappa shape index (κ1) is 32.5. The van der Waals surface area contributed by atoms with E-state index in [1.54, 1.807) is 54.3 Å². The summed E-state index contributed by atoms with van der Waals surface area (Å²) in [6.45, 7) is 3.32. The maximum Gasteiger partial charge on any atom is 0.326 e. The minimum Gasteiger partial charge on any atom is -0.461 e. The largest absolute Gasteiger partial charge is 0.461 e. The Morgan fingerprint density at radius 2 is 1.78 bits per heavy atom. The first-order valence-corrected chi connectivity index (χ1v) is 15.2. The number of hydrogen-bond donors (Lipinski definition) is 4. The number of nitrogens with zero attached hydrogens (tertiary/aromatic N) is 6. The van der Waals surface area contributed by atoms with E-state index in [0.717, 1.165) is 31.4 Å². The van der Waals surface area contributed by atoms with Crippen LogP contribution in [-0.2, 0) is 32.8 Å². The summed E-state index contributed by atoms with van der Waals surface area (Å²) in [6, 6.07) is 9.96. The van der Waals surface area contributed by atoms with Crippen LogP contribution < -0.4 is 21.7 Å². The zero-order valence-electron chi connectivity index (χ0n) is 25.7. The van der Waals surface area contributed by atoms with Gasteiger partial charge in [-0.15, -0.1) is 5.10 Å². The molecule has 0 aliphatic carbocycles. The molecule has 16 nitrogen and oxygen atoms in total. The van der Waals surface area contributed by atoms with Crippen molar-refractivity contribution in [1.29, 1.82) is 0 Å². The molecular formula is C30H39N10O6+. The van der Waals surface area contributed by atoms with Crippen LogP contribution in [-0.4, -0.2) is 80.8 Å². The number of nitrogens with one attached hydrogen (secondary N) is 3. The number of urea groups is 1. The topological polar surface area (TPSA) is 200 Å². The highest BCUT2D eigenvalue weighted by atomic mass is 17.2. The number of aryl methyl sites for hydroxylation is 1. The fourth-order valence-electron chi connectivity index (χ4n) is 4.54. The number of rotatable bonds is 18. The number of aromatic nitrogens is 6. The van der Waals surface area contributed by atoms with Gasteiger partial charge in [0.05, 0.1) is 37.8 Å². The van der Waals surface area contributed by atoms with Crippen LogP contribution in [0.2, 0.25) is 0 Å². The Morgan fingerprint density at radius 1 is 0.935 bits per heavy atom. The minimum atomic E-state index is -0.536. The van der Waals surface area contributed by atoms with E-state index in [1.807, 2.05) is 0 Å². The summed E-state index contributed by atoms with van der Waals surface area (Å²) in [6.07, 6.45) is 7.35. The molecule has 46 heavy (non-hydrogen) atoms. The lowest BCUT2D eigenvalue weighted by molar-refractivity contribution is -0.368. The van der Waals surface area contributed by atoms with Crippen molar-refractivity contribution in [2.45, 2.75) is 32.1 Å². The van der Waals surface area contributed by atoms with Crippen LogP contribution in [0.1, 0.15) is 31.2 Å². The molecule has 4 aromatic heterocycles. The fourth-order valence-corrected chi connectivity index (χ4v) is 4.54. The first-order valence-electron chi connectivity index (χ1n) is 15.2. The number of amides is 3. The summed E-state index contributed by atoms with van der Waals surface area (Å²) < 4.78 is 14.0. The van der Waals surface area contributed by atoms with Gasteiger partial charge in [-0.05, 0) is 55.5 Å². The molecule has 16 heteroatoms. The van der Waals surface area contributed by atoms with Gasteiger partial charge in [-0.3, -0.25) is 14.8 Å².